The van der Waals surface area contributed by atoms with Crippen LogP contribution in [0.3, 0.4) is 0 Å². The van der Waals surface area contributed by atoms with Gasteiger partial charge in [0.25, 0.3) is 11.6 Å². The Labute approximate surface area is 132 Å². The van der Waals surface area contributed by atoms with Crippen LogP contribution in [0.4, 0.5) is 5.69 Å². The molecule has 0 saturated carbocycles. The number of nitrogens with zero attached hydrogens (tertiary/aromatic N) is 3. The average Bonchev–Trinajstić information content (AvgIpc) is 2.98. The van der Waals surface area contributed by atoms with Crippen molar-refractivity contribution >= 4 is 11.6 Å². The van der Waals surface area contributed by atoms with Gasteiger partial charge in [0.2, 0.25) is 0 Å². The van der Waals surface area contributed by atoms with E-state index in [2.05, 4.69) is 10.4 Å². The van der Waals surface area contributed by atoms with Crippen LogP contribution in [0.5, 0.6) is 0 Å². The largest absolute Gasteiger partial charge is 0.376 e. The zero-order valence-corrected chi connectivity index (χ0v) is 12.4. The second kappa shape index (κ2) is 6.57. The molecule has 8 heteroatoms. The van der Waals surface area contributed by atoms with Crippen molar-refractivity contribution < 1.29 is 14.5 Å². The van der Waals surface area contributed by atoms with Gasteiger partial charge in [-0.15, -0.1) is 0 Å². The molecular weight excluding hydrogens is 300 g/mol. The molecule has 120 valence electrons. The van der Waals surface area contributed by atoms with E-state index in [0.717, 1.165) is 17.7 Å². The summed E-state index contributed by atoms with van der Waals surface area (Å²) in [6.07, 6.45) is 2.60. The quantitative estimate of drug-likeness (QED) is 0.662. The van der Waals surface area contributed by atoms with Crippen molar-refractivity contribution in [3.8, 4) is 0 Å². The van der Waals surface area contributed by atoms with Gasteiger partial charge in [0.05, 0.1) is 30.9 Å². The van der Waals surface area contributed by atoms with Gasteiger partial charge >= 0.3 is 0 Å². The standard InChI is InChI=1S/C15H16N4O4/c20-15(11-2-1-3-13(8-11)19(21)22)16-5-6-18-14-4-7-23-10-12(14)9-17-18/h1-3,8-9H,4-7,10H2,(H,16,20). The first-order valence-corrected chi connectivity index (χ1v) is 7.29. The number of nitro benzene ring substituents is 1. The molecule has 0 atom stereocenters. The summed E-state index contributed by atoms with van der Waals surface area (Å²) in [7, 11) is 0. The summed E-state index contributed by atoms with van der Waals surface area (Å²) in [5.41, 5.74) is 2.40. The van der Waals surface area contributed by atoms with Crippen LogP contribution in [0.15, 0.2) is 30.5 Å². The number of ether oxygens (including phenoxy) is 1. The minimum Gasteiger partial charge on any atom is -0.376 e. The van der Waals surface area contributed by atoms with Gasteiger partial charge in [0.15, 0.2) is 0 Å². The molecule has 0 aliphatic carbocycles. The van der Waals surface area contributed by atoms with Crippen LogP contribution in [-0.4, -0.2) is 33.8 Å². The molecule has 1 N–H and O–H groups in total. The van der Waals surface area contributed by atoms with E-state index >= 15 is 0 Å². The van der Waals surface area contributed by atoms with Gasteiger partial charge in [-0.2, -0.15) is 5.10 Å². The van der Waals surface area contributed by atoms with Crippen molar-refractivity contribution in [1.82, 2.24) is 15.1 Å². The van der Waals surface area contributed by atoms with Crippen LogP contribution in [0.25, 0.3) is 0 Å². The topological polar surface area (TPSA) is 99.3 Å². The Morgan fingerprint density at radius 2 is 2.35 bits per heavy atom. The lowest BCUT2D eigenvalue weighted by molar-refractivity contribution is -0.384. The van der Waals surface area contributed by atoms with E-state index in [9.17, 15) is 14.9 Å². The van der Waals surface area contributed by atoms with Crippen LogP contribution in [0, 0.1) is 10.1 Å². The predicted molar refractivity (Wildman–Crippen MR) is 81.0 cm³/mol. The summed E-state index contributed by atoms with van der Waals surface area (Å²) in [5, 5.41) is 17.8. The van der Waals surface area contributed by atoms with Crippen molar-refractivity contribution in [2.75, 3.05) is 13.2 Å². The van der Waals surface area contributed by atoms with E-state index in [0.29, 0.717) is 26.3 Å². The normalized spacial score (nSPS) is 13.4. The summed E-state index contributed by atoms with van der Waals surface area (Å²) in [4.78, 5) is 22.3. The lowest BCUT2D eigenvalue weighted by Gasteiger charge is -2.14. The molecule has 0 saturated heterocycles. The van der Waals surface area contributed by atoms with Gasteiger partial charge < -0.3 is 10.1 Å². The maximum absolute atomic E-state index is 12.1. The fourth-order valence-corrected chi connectivity index (χ4v) is 2.54. The second-order valence-electron chi connectivity index (χ2n) is 5.21. The number of hydrogen-bond donors (Lipinski definition) is 1. The van der Waals surface area contributed by atoms with Crippen molar-refractivity contribution in [2.24, 2.45) is 0 Å². The van der Waals surface area contributed by atoms with Gasteiger partial charge in [-0.25, -0.2) is 0 Å². The molecule has 23 heavy (non-hydrogen) atoms. The van der Waals surface area contributed by atoms with E-state index in [1.54, 1.807) is 12.3 Å². The molecule has 1 aromatic carbocycles. The van der Waals surface area contributed by atoms with E-state index in [-0.39, 0.29) is 17.2 Å². The lowest BCUT2D eigenvalue weighted by Crippen LogP contribution is -2.28. The van der Waals surface area contributed by atoms with Crippen LogP contribution >= 0.6 is 0 Å². The molecule has 0 unspecified atom stereocenters. The molecule has 0 bridgehead atoms. The number of aromatic nitrogens is 2. The Morgan fingerprint density at radius 3 is 3.17 bits per heavy atom. The van der Waals surface area contributed by atoms with E-state index in [4.69, 9.17) is 4.74 Å². The van der Waals surface area contributed by atoms with Gasteiger partial charge in [-0.05, 0) is 6.07 Å². The highest BCUT2D eigenvalue weighted by Crippen LogP contribution is 2.16. The van der Waals surface area contributed by atoms with Gasteiger partial charge in [0.1, 0.15) is 0 Å². The molecule has 1 aliphatic rings. The summed E-state index contributed by atoms with van der Waals surface area (Å²) in [6, 6.07) is 5.67. The molecule has 0 spiro atoms. The first-order valence-electron chi connectivity index (χ1n) is 7.29. The number of carbonyl (C=O) groups excluding carboxylic acids is 1. The van der Waals surface area contributed by atoms with Crippen molar-refractivity contribution in [3.05, 3.63) is 57.4 Å². The van der Waals surface area contributed by atoms with Crippen molar-refractivity contribution in [1.29, 1.82) is 0 Å². The summed E-state index contributed by atoms with van der Waals surface area (Å²) >= 11 is 0. The highest BCUT2D eigenvalue weighted by molar-refractivity contribution is 5.94. The summed E-state index contributed by atoms with van der Waals surface area (Å²) < 4.78 is 7.23. The smallest absolute Gasteiger partial charge is 0.270 e. The maximum Gasteiger partial charge on any atom is 0.270 e. The third-order valence-electron chi connectivity index (χ3n) is 3.70. The number of amides is 1. The third-order valence-corrected chi connectivity index (χ3v) is 3.70. The Kier molecular flexibility index (Phi) is 4.33. The van der Waals surface area contributed by atoms with Gasteiger partial charge in [-0.1, -0.05) is 6.07 Å². The number of benzene rings is 1. The van der Waals surface area contributed by atoms with Gasteiger partial charge in [-0.3, -0.25) is 19.6 Å². The van der Waals surface area contributed by atoms with Crippen LogP contribution in [0.1, 0.15) is 21.6 Å². The third kappa shape index (κ3) is 3.37. The van der Waals surface area contributed by atoms with Crippen LogP contribution < -0.4 is 5.32 Å². The molecule has 0 radical (unpaired) electrons. The molecule has 2 aromatic rings. The maximum atomic E-state index is 12.1. The fraction of sp³-hybridized carbons (Fsp3) is 0.333. The Bertz CT molecular complexity index is 741. The first-order chi connectivity index (χ1) is 11.1. The Hall–Kier alpha value is -2.74. The number of carbonyl (C=O) groups is 1. The number of nitrogens with one attached hydrogen (secondary N) is 1. The summed E-state index contributed by atoms with van der Waals surface area (Å²) in [5.74, 6) is -0.335. The average molecular weight is 316 g/mol. The molecule has 1 aromatic heterocycles. The molecular formula is C15H16N4O4. The van der Waals surface area contributed by atoms with E-state index < -0.39 is 4.92 Å². The molecule has 8 nitrogen and oxygen atoms in total. The van der Waals surface area contributed by atoms with E-state index in [1.165, 1.54) is 18.2 Å². The minimum absolute atomic E-state index is 0.0983. The van der Waals surface area contributed by atoms with Gasteiger partial charge in [0, 0.05) is 41.9 Å². The highest BCUT2D eigenvalue weighted by atomic mass is 16.6. The molecule has 1 aliphatic heterocycles. The predicted octanol–water partition coefficient (Wildman–Crippen LogP) is 1.29. The number of fused-ring (bicyclic) bond motifs is 1. The number of rotatable bonds is 5. The molecule has 0 fully saturated rings. The van der Waals surface area contributed by atoms with Crippen LogP contribution in [-0.2, 0) is 24.3 Å². The van der Waals surface area contributed by atoms with Crippen LogP contribution in [0.2, 0.25) is 0 Å². The zero-order chi connectivity index (χ0) is 16.2. The van der Waals surface area contributed by atoms with E-state index in [1.807, 2.05) is 4.68 Å². The Morgan fingerprint density at radius 1 is 1.48 bits per heavy atom. The number of hydrogen-bond acceptors (Lipinski definition) is 5. The first kappa shape index (κ1) is 15.2. The molecule has 2 heterocycles. The SMILES string of the molecule is O=C(NCCn1ncc2c1CCOC2)c1cccc([N+](=O)[O-])c1. The number of nitro groups is 1. The minimum atomic E-state index is -0.519. The zero-order valence-electron chi connectivity index (χ0n) is 12.4. The lowest BCUT2D eigenvalue weighted by atomic mass is 10.2. The highest BCUT2D eigenvalue weighted by Gasteiger charge is 2.15. The second-order valence-corrected chi connectivity index (χ2v) is 5.21. The monoisotopic (exact) mass is 316 g/mol. The molecule has 1 amide bonds. The number of non-ortho nitro benzene ring substituents is 1. The van der Waals surface area contributed by atoms with Crippen molar-refractivity contribution in [3.63, 3.8) is 0 Å². The van der Waals surface area contributed by atoms with Crippen molar-refractivity contribution in [2.45, 2.75) is 19.6 Å². The summed E-state index contributed by atoms with van der Waals surface area (Å²) in [6.45, 7) is 2.21. The Balaban J connectivity index is 1.58. The fourth-order valence-electron chi connectivity index (χ4n) is 2.54. The molecule has 3 rings (SSSR count).